The molecule has 1 aliphatic rings. The lowest BCUT2D eigenvalue weighted by atomic mass is 9.78. The van der Waals surface area contributed by atoms with Crippen LogP contribution >= 0.6 is 0 Å². The third kappa shape index (κ3) is 3.13. The van der Waals surface area contributed by atoms with Crippen molar-refractivity contribution in [1.82, 2.24) is 5.32 Å². The highest BCUT2D eigenvalue weighted by Gasteiger charge is 2.29. The average Bonchev–Trinajstić information content (AvgIpc) is 2.48. The van der Waals surface area contributed by atoms with Crippen molar-refractivity contribution in [3.63, 3.8) is 0 Å². The number of nitrogens with one attached hydrogen (secondary N) is 1. The number of hydrogen-bond donors (Lipinski definition) is 1. The second-order valence-corrected chi connectivity index (χ2v) is 6.14. The van der Waals surface area contributed by atoms with E-state index in [1.807, 2.05) is 13.1 Å². The smallest absolute Gasteiger partial charge is 0.101 e. The van der Waals surface area contributed by atoms with Gasteiger partial charge in [0.15, 0.2) is 0 Å². The zero-order chi connectivity index (χ0) is 14.6. The molecule has 108 valence electrons. The van der Waals surface area contributed by atoms with Crippen LogP contribution in [-0.2, 0) is 6.54 Å². The van der Waals surface area contributed by atoms with Crippen LogP contribution in [0, 0.1) is 16.7 Å². The van der Waals surface area contributed by atoms with Gasteiger partial charge in [-0.15, -0.1) is 0 Å². The fourth-order valence-corrected chi connectivity index (χ4v) is 2.90. The molecule has 0 bridgehead atoms. The predicted octanol–water partition coefficient (Wildman–Crippen LogP) is 3.29. The summed E-state index contributed by atoms with van der Waals surface area (Å²) in [4.78, 5) is 2.37. The summed E-state index contributed by atoms with van der Waals surface area (Å²) in [6.07, 6.45) is 3.67. The first-order valence-electron chi connectivity index (χ1n) is 7.54. The topological polar surface area (TPSA) is 39.1 Å². The first-order chi connectivity index (χ1) is 9.61. The van der Waals surface area contributed by atoms with Gasteiger partial charge in [-0.05, 0) is 43.0 Å². The molecule has 3 heteroatoms. The molecule has 0 atom stereocenters. The van der Waals surface area contributed by atoms with Crippen LogP contribution in [0.3, 0.4) is 0 Å². The van der Waals surface area contributed by atoms with Crippen molar-refractivity contribution in [2.45, 2.75) is 39.7 Å². The van der Waals surface area contributed by atoms with Gasteiger partial charge in [0.1, 0.15) is 6.07 Å². The Kier molecular flexibility index (Phi) is 4.67. The Morgan fingerprint density at radius 1 is 1.35 bits per heavy atom. The summed E-state index contributed by atoms with van der Waals surface area (Å²) in [7, 11) is 1.93. The standard InChI is InChI=1S/C17H25N3/c1-4-17(2)7-9-20(10-8-17)16-6-5-14(13-19-3)11-15(16)12-18/h5-6,11,19H,4,7-10,13H2,1-3H3. The molecule has 0 spiro atoms. The number of benzene rings is 1. The minimum atomic E-state index is 0.482. The first kappa shape index (κ1) is 14.9. The van der Waals surface area contributed by atoms with Crippen molar-refractivity contribution in [1.29, 1.82) is 5.26 Å². The maximum absolute atomic E-state index is 9.39. The Hall–Kier alpha value is -1.53. The summed E-state index contributed by atoms with van der Waals surface area (Å²) in [5.74, 6) is 0. The van der Waals surface area contributed by atoms with E-state index in [0.29, 0.717) is 5.41 Å². The summed E-state index contributed by atoms with van der Waals surface area (Å²) in [6, 6.07) is 8.61. The predicted molar refractivity (Wildman–Crippen MR) is 83.8 cm³/mol. The average molecular weight is 271 g/mol. The van der Waals surface area contributed by atoms with Gasteiger partial charge in [0, 0.05) is 19.6 Å². The molecule has 1 aromatic rings. The molecule has 2 rings (SSSR count). The van der Waals surface area contributed by atoms with Crippen LogP contribution in [0.4, 0.5) is 5.69 Å². The lowest BCUT2D eigenvalue weighted by Crippen LogP contribution is -2.38. The third-order valence-electron chi connectivity index (χ3n) is 4.73. The van der Waals surface area contributed by atoms with Crippen molar-refractivity contribution < 1.29 is 0 Å². The molecule has 1 fully saturated rings. The molecular formula is C17H25N3. The van der Waals surface area contributed by atoms with Gasteiger partial charge in [0.05, 0.1) is 11.3 Å². The van der Waals surface area contributed by atoms with Crippen LogP contribution < -0.4 is 10.2 Å². The van der Waals surface area contributed by atoms with E-state index in [1.165, 1.54) is 24.8 Å². The molecule has 1 aliphatic heterocycles. The van der Waals surface area contributed by atoms with E-state index in [9.17, 15) is 5.26 Å². The highest BCUT2D eigenvalue weighted by Crippen LogP contribution is 2.36. The molecular weight excluding hydrogens is 246 g/mol. The summed E-state index contributed by atoms with van der Waals surface area (Å²) in [5, 5.41) is 12.5. The molecule has 0 aliphatic carbocycles. The minimum absolute atomic E-state index is 0.482. The van der Waals surface area contributed by atoms with Gasteiger partial charge >= 0.3 is 0 Å². The van der Waals surface area contributed by atoms with Crippen LogP contribution in [0.25, 0.3) is 0 Å². The Morgan fingerprint density at radius 3 is 2.60 bits per heavy atom. The molecule has 1 N–H and O–H groups in total. The molecule has 3 nitrogen and oxygen atoms in total. The maximum atomic E-state index is 9.39. The fraction of sp³-hybridized carbons (Fsp3) is 0.588. The van der Waals surface area contributed by atoms with Gasteiger partial charge in [0.2, 0.25) is 0 Å². The second kappa shape index (κ2) is 6.28. The Bertz CT molecular complexity index is 493. The van der Waals surface area contributed by atoms with Gasteiger partial charge in [-0.2, -0.15) is 5.26 Å². The molecule has 1 heterocycles. The van der Waals surface area contributed by atoms with E-state index in [2.05, 4.69) is 42.3 Å². The maximum Gasteiger partial charge on any atom is 0.101 e. The van der Waals surface area contributed by atoms with E-state index < -0.39 is 0 Å². The Labute approximate surface area is 122 Å². The summed E-state index contributed by atoms with van der Waals surface area (Å²) in [5.41, 5.74) is 3.56. The van der Waals surface area contributed by atoms with Crippen molar-refractivity contribution in [3.05, 3.63) is 29.3 Å². The van der Waals surface area contributed by atoms with E-state index in [0.717, 1.165) is 30.9 Å². The number of nitriles is 1. The number of piperidine rings is 1. The first-order valence-corrected chi connectivity index (χ1v) is 7.54. The van der Waals surface area contributed by atoms with Gasteiger partial charge < -0.3 is 10.2 Å². The van der Waals surface area contributed by atoms with Crippen LogP contribution in [0.15, 0.2) is 18.2 Å². The lowest BCUT2D eigenvalue weighted by Gasteiger charge is -2.40. The zero-order valence-corrected chi connectivity index (χ0v) is 12.9. The summed E-state index contributed by atoms with van der Waals surface area (Å²) < 4.78 is 0. The molecule has 1 saturated heterocycles. The number of hydrogen-bond acceptors (Lipinski definition) is 3. The molecule has 20 heavy (non-hydrogen) atoms. The van der Waals surface area contributed by atoms with Gasteiger partial charge in [0.25, 0.3) is 0 Å². The minimum Gasteiger partial charge on any atom is -0.370 e. The van der Waals surface area contributed by atoms with E-state index in [-0.39, 0.29) is 0 Å². The van der Waals surface area contributed by atoms with E-state index in [1.54, 1.807) is 0 Å². The normalized spacial score (nSPS) is 17.8. The fourth-order valence-electron chi connectivity index (χ4n) is 2.90. The Morgan fingerprint density at radius 2 is 2.05 bits per heavy atom. The van der Waals surface area contributed by atoms with Crippen LogP contribution in [0.1, 0.15) is 44.2 Å². The van der Waals surface area contributed by atoms with Crippen molar-refractivity contribution in [2.75, 3.05) is 25.0 Å². The number of nitrogens with zero attached hydrogens (tertiary/aromatic N) is 2. The molecule has 0 aromatic heterocycles. The number of anilines is 1. The SMILES string of the molecule is CCC1(C)CCN(c2ccc(CNC)cc2C#N)CC1. The molecule has 0 radical (unpaired) electrons. The largest absolute Gasteiger partial charge is 0.370 e. The van der Waals surface area contributed by atoms with E-state index >= 15 is 0 Å². The van der Waals surface area contributed by atoms with Crippen molar-refractivity contribution in [3.8, 4) is 6.07 Å². The highest BCUT2D eigenvalue weighted by molar-refractivity contribution is 5.60. The molecule has 0 amide bonds. The van der Waals surface area contributed by atoms with Gasteiger partial charge in [-0.25, -0.2) is 0 Å². The van der Waals surface area contributed by atoms with Crippen LogP contribution in [0.2, 0.25) is 0 Å². The van der Waals surface area contributed by atoms with Crippen LogP contribution in [-0.4, -0.2) is 20.1 Å². The molecule has 0 unspecified atom stereocenters. The number of rotatable bonds is 4. The quantitative estimate of drug-likeness (QED) is 0.913. The molecule has 1 aromatic carbocycles. The Balaban J connectivity index is 2.16. The third-order valence-corrected chi connectivity index (χ3v) is 4.73. The monoisotopic (exact) mass is 271 g/mol. The van der Waals surface area contributed by atoms with Crippen LogP contribution in [0.5, 0.6) is 0 Å². The van der Waals surface area contributed by atoms with E-state index in [4.69, 9.17) is 0 Å². The van der Waals surface area contributed by atoms with Gasteiger partial charge in [-0.1, -0.05) is 26.3 Å². The van der Waals surface area contributed by atoms with Gasteiger partial charge in [-0.3, -0.25) is 0 Å². The van der Waals surface area contributed by atoms with Crippen molar-refractivity contribution >= 4 is 5.69 Å². The zero-order valence-electron chi connectivity index (χ0n) is 12.9. The second-order valence-electron chi connectivity index (χ2n) is 6.14. The summed E-state index contributed by atoms with van der Waals surface area (Å²) in [6.45, 7) is 7.59. The van der Waals surface area contributed by atoms with Crippen molar-refractivity contribution in [2.24, 2.45) is 5.41 Å². The lowest BCUT2D eigenvalue weighted by molar-refractivity contribution is 0.238. The highest BCUT2D eigenvalue weighted by atomic mass is 15.1. The molecule has 0 saturated carbocycles. The summed E-state index contributed by atoms with van der Waals surface area (Å²) >= 11 is 0.